The number of hydrogen-bond acceptors (Lipinski definition) is 8. The largest absolute Gasteiger partial charge is 0.611 e. The van der Waals surface area contributed by atoms with E-state index in [1.165, 1.54) is 0 Å². The third kappa shape index (κ3) is 14.2. The van der Waals surface area contributed by atoms with Crippen molar-refractivity contribution in [3.63, 3.8) is 0 Å². The van der Waals surface area contributed by atoms with Crippen molar-refractivity contribution in [2.75, 3.05) is 0 Å². The Morgan fingerprint density at radius 2 is 0.355 bits per heavy atom. The number of ether oxygens (including phenoxy) is 4. The molecule has 93 heavy (non-hydrogen) atoms. The van der Waals surface area contributed by atoms with Crippen LogP contribution in [0.25, 0.3) is 0 Å². The molecule has 0 saturated carbocycles. The van der Waals surface area contributed by atoms with Crippen LogP contribution in [0, 0.1) is 0 Å². The van der Waals surface area contributed by atoms with E-state index in [-0.39, 0.29) is 23.0 Å². The second-order valence-electron chi connectivity index (χ2n) is 25.2. The van der Waals surface area contributed by atoms with Crippen molar-refractivity contribution in [2.45, 2.75) is 81.2 Å². The van der Waals surface area contributed by atoms with Gasteiger partial charge in [0.15, 0.2) is 0 Å². The Morgan fingerprint density at radius 3 is 0.516 bits per heavy atom. The van der Waals surface area contributed by atoms with Crippen LogP contribution in [0.5, 0.6) is 46.0 Å². The van der Waals surface area contributed by atoms with Crippen LogP contribution in [0.1, 0.15) is 94.5 Å². The SMILES string of the molecule is CC(Cc1ccccc1)(c1ccc(O)cc1)c1ccc(OC(Oc2ccc(C(C)(Cc3ccccc3)c3ccc(O)cc3)cc2)(Oc2ccc(C(C)(Cc3ccccc3)c3ccc(O)cc3)cc2)Oc2ccc(C(C)(Cc3ccccc3)c3ccc(O)cc3)cc2)cc1. The predicted octanol–water partition coefficient (Wildman–Crippen LogP) is 18.9. The van der Waals surface area contributed by atoms with E-state index in [1.54, 1.807) is 48.5 Å². The fraction of sp³-hybridized carbons (Fsp3) is 0.153. The lowest BCUT2D eigenvalue weighted by Crippen LogP contribution is -2.53. The Balaban J connectivity index is 0.987. The van der Waals surface area contributed by atoms with Crippen LogP contribution in [0.4, 0.5) is 0 Å². The molecule has 0 heterocycles. The van der Waals surface area contributed by atoms with Gasteiger partial charge in [-0.3, -0.25) is 0 Å². The zero-order valence-corrected chi connectivity index (χ0v) is 52.8. The highest BCUT2D eigenvalue weighted by Crippen LogP contribution is 2.44. The van der Waals surface area contributed by atoms with E-state index < -0.39 is 27.8 Å². The number of benzene rings is 12. The maximum atomic E-state index is 10.4. The molecule has 0 aromatic heterocycles. The number of phenolic OH excluding ortho intramolecular Hbond substituents is 4. The summed E-state index contributed by atoms with van der Waals surface area (Å²) in [6.45, 7) is 8.85. The second-order valence-corrected chi connectivity index (χ2v) is 25.2. The van der Waals surface area contributed by atoms with Crippen molar-refractivity contribution in [3.05, 3.63) is 382 Å². The summed E-state index contributed by atoms with van der Waals surface area (Å²) < 4.78 is 28.9. The Morgan fingerprint density at radius 1 is 0.204 bits per heavy atom. The summed E-state index contributed by atoms with van der Waals surface area (Å²) in [5, 5.41) is 41.8. The molecule has 0 amide bonds. The molecule has 12 rings (SSSR count). The van der Waals surface area contributed by atoms with E-state index in [0.29, 0.717) is 48.7 Å². The highest BCUT2D eigenvalue weighted by molar-refractivity contribution is 5.50. The van der Waals surface area contributed by atoms with Gasteiger partial charge in [0.2, 0.25) is 0 Å². The molecule has 0 spiro atoms. The molecular weight excluding hydrogens is 1150 g/mol. The van der Waals surface area contributed by atoms with Crippen LogP contribution in [-0.4, -0.2) is 26.6 Å². The Labute approximate surface area is 545 Å². The summed E-state index contributed by atoms with van der Waals surface area (Å²) in [6.07, 6.45) is 0.323. The monoisotopic (exact) mass is 1220 g/mol. The van der Waals surface area contributed by atoms with Crippen LogP contribution >= 0.6 is 0 Å². The van der Waals surface area contributed by atoms with Crippen LogP contribution in [0.2, 0.25) is 0 Å². The molecule has 4 atom stereocenters. The van der Waals surface area contributed by atoms with Crippen LogP contribution < -0.4 is 18.9 Å². The van der Waals surface area contributed by atoms with Crippen LogP contribution in [0.3, 0.4) is 0 Å². The van der Waals surface area contributed by atoms with Gasteiger partial charge >= 0.3 is 6.16 Å². The molecule has 8 nitrogen and oxygen atoms in total. The molecule has 0 fully saturated rings. The Hall–Kier alpha value is -11.0. The third-order valence-corrected chi connectivity index (χ3v) is 18.6. The minimum absolute atomic E-state index is 0.190. The molecule has 8 heteroatoms. The zero-order valence-electron chi connectivity index (χ0n) is 52.8. The lowest BCUT2D eigenvalue weighted by Gasteiger charge is -2.35. The van der Waals surface area contributed by atoms with Crippen molar-refractivity contribution in [3.8, 4) is 46.0 Å². The molecular formula is C85H76O8. The van der Waals surface area contributed by atoms with Gasteiger partial charge in [0.05, 0.1) is 0 Å². The minimum Gasteiger partial charge on any atom is -0.508 e. The molecule has 12 aromatic carbocycles. The first-order chi connectivity index (χ1) is 45.0. The molecule has 0 radical (unpaired) electrons. The van der Waals surface area contributed by atoms with E-state index in [0.717, 1.165) is 66.8 Å². The third-order valence-electron chi connectivity index (χ3n) is 18.6. The number of rotatable bonds is 24. The van der Waals surface area contributed by atoms with Crippen molar-refractivity contribution >= 4 is 0 Å². The predicted molar refractivity (Wildman–Crippen MR) is 370 cm³/mol. The quantitative estimate of drug-likeness (QED) is 0.0442. The van der Waals surface area contributed by atoms with Gasteiger partial charge in [-0.2, -0.15) is 0 Å². The molecule has 4 N–H and O–H groups in total. The average molecular weight is 1230 g/mol. The maximum Gasteiger partial charge on any atom is 0.611 e. The highest BCUT2D eigenvalue weighted by atomic mass is 17.0. The van der Waals surface area contributed by atoms with Crippen LogP contribution in [-0.2, 0) is 47.3 Å². The molecule has 0 saturated heterocycles. The smallest absolute Gasteiger partial charge is 0.508 e. The van der Waals surface area contributed by atoms with E-state index in [9.17, 15) is 20.4 Å². The van der Waals surface area contributed by atoms with E-state index in [4.69, 9.17) is 18.9 Å². The fourth-order valence-corrected chi connectivity index (χ4v) is 13.1. The molecule has 464 valence electrons. The van der Waals surface area contributed by atoms with Crippen molar-refractivity contribution in [2.24, 2.45) is 0 Å². The average Bonchev–Trinajstić information content (AvgIpc) is 0.933. The summed E-state index contributed by atoms with van der Waals surface area (Å²) in [5.41, 5.74) is 10.6. The van der Waals surface area contributed by atoms with E-state index in [2.05, 4.69) is 173 Å². The van der Waals surface area contributed by atoms with E-state index >= 15 is 0 Å². The van der Waals surface area contributed by atoms with Gasteiger partial charge in [-0.25, -0.2) is 0 Å². The van der Waals surface area contributed by atoms with Crippen molar-refractivity contribution in [1.82, 2.24) is 0 Å². The standard InChI is InChI=1S/C85H76O8/c1-81(57-61-17-9-5-10-18-61,65-25-41-73(86)42-26-65)69-33-49-77(50-34-69)90-85(91-78-51-35-70(36-52-78)82(2,58-62-19-11-6-12-20-62)66-27-43-74(87)44-28-66,92-79-53-37-71(38-54-79)83(3,59-63-21-13-7-14-22-63)67-29-45-75(88)46-30-67)93-80-55-39-72(40-56-80)84(4,60-64-23-15-8-16-24-64)68-31-47-76(89)48-32-68/h5-56,86-89H,57-60H2,1-4H3. The molecule has 0 aliphatic heterocycles. The first-order valence-corrected chi connectivity index (χ1v) is 31.6. The zero-order chi connectivity index (χ0) is 64.5. The maximum absolute atomic E-state index is 10.4. The molecule has 12 aromatic rings. The van der Waals surface area contributed by atoms with Gasteiger partial charge in [-0.15, -0.1) is 0 Å². The summed E-state index contributed by atoms with van der Waals surface area (Å²) >= 11 is 0. The molecule has 4 unspecified atom stereocenters. The summed E-state index contributed by atoms with van der Waals surface area (Å²) in [4.78, 5) is 0. The number of phenols is 4. The fourth-order valence-electron chi connectivity index (χ4n) is 13.1. The topological polar surface area (TPSA) is 118 Å². The number of hydrogen-bond donors (Lipinski definition) is 4. The lowest BCUT2D eigenvalue weighted by atomic mass is 9.72. The van der Waals surface area contributed by atoms with E-state index in [1.807, 2.05) is 121 Å². The first-order valence-electron chi connectivity index (χ1n) is 31.6. The molecule has 0 aliphatic carbocycles. The molecule has 0 aliphatic rings. The first kappa shape index (κ1) is 62.2. The number of aromatic hydroxyl groups is 4. The van der Waals surface area contributed by atoms with Gasteiger partial charge in [0.25, 0.3) is 0 Å². The Bertz CT molecular complexity index is 3770. The highest BCUT2D eigenvalue weighted by Gasteiger charge is 2.45. The summed E-state index contributed by atoms with van der Waals surface area (Å²) in [5.74, 6) is 2.28. The summed E-state index contributed by atoms with van der Waals surface area (Å²) in [7, 11) is 0. The Kier molecular flexibility index (Phi) is 18.0. The van der Waals surface area contributed by atoms with Crippen molar-refractivity contribution < 1.29 is 39.4 Å². The van der Waals surface area contributed by atoms with Gasteiger partial charge in [0, 0.05) is 21.7 Å². The van der Waals surface area contributed by atoms with Gasteiger partial charge in [0.1, 0.15) is 46.0 Å². The van der Waals surface area contributed by atoms with Crippen molar-refractivity contribution in [1.29, 1.82) is 0 Å². The van der Waals surface area contributed by atoms with Gasteiger partial charge in [-0.05, 0) is 190 Å². The van der Waals surface area contributed by atoms with Gasteiger partial charge < -0.3 is 39.4 Å². The molecule has 0 bridgehead atoms. The normalized spacial score (nSPS) is 14.6. The summed E-state index contributed by atoms with van der Waals surface area (Å²) in [6, 6.07) is 103. The second kappa shape index (κ2) is 26.9. The minimum atomic E-state index is -2.37. The lowest BCUT2D eigenvalue weighted by molar-refractivity contribution is -0.367. The van der Waals surface area contributed by atoms with Crippen LogP contribution in [0.15, 0.2) is 315 Å². The van der Waals surface area contributed by atoms with Gasteiger partial charge in [-0.1, -0.05) is 246 Å².